The quantitative estimate of drug-likeness (QED) is 0.542. The van der Waals surface area contributed by atoms with Crippen LogP contribution in [0.15, 0.2) is 23.8 Å². The number of allylic oxidation sites excluding steroid dienone is 4. The fourth-order valence-electron chi connectivity index (χ4n) is 6.97. The molecule has 4 rings (SSSR count). The van der Waals surface area contributed by atoms with Gasteiger partial charge in [-0.2, -0.15) is 0 Å². The Hall–Kier alpha value is -1.41. The Bertz CT molecular complexity index is 792. The first-order chi connectivity index (χ1) is 13.0. The number of carbonyl (C=O) groups excluding carboxylic acids is 2. The number of hydrogen-bond acceptors (Lipinski definition) is 6. The lowest BCUT2D eigenvalue weighted by Crippen LogP contribution is -2.64. The molecular weight excluding hydrogens is 367 g/mol. The zero-order valence-corrected chi connectivity index (χ0v) is 16.0. The van der Waals surface area contributed by atoms with E-state index in [1.165, 1.54) is 12.2 Å². The molecule has 0 unspecified atom stereocenters. The van der Waals surface area contributed by atoms with Gasteiger partial charge in [0.05, 0.1) is 12.2 Å². The van der Waals surface area contributed by atoms with Crippen molar-refractivity contribution in [3.63, 3.8) is 0 Å². The van der Waals surface area contributed by atoms with Crippen molar-refractivity contribution in [2.24, 2.45) is 28.6 Å². The minimum Gasteiger partial charge on any atom is -0.393 e. The number of hydrogen-bond donors (Lipinski definition) is 4. The molecule has 0 heterocycles. The van der Waals surface area contributed by atoms with Crippen molar-refractivity contribution in [1.29, 1.82) is 0 Å². The van der Waals surface area contributed by atoms with Crippen LogP contribution in [0, 0.1) is 28.6 Å². The second-order valence-corrected chi connectivity index (χ2v) is 9.41. The highest BCUT2D eigenvalue weighted by Crippen LogP contribution is 2.67. The van der Waals surface area contributed by atoms with Crippen molar-refractivity contribution in [2.45, 2.75) is 57.1 Å². The van der Waals surface area contributed by atoms with E-state index >= 15 is 4.39 Å². The maximum absolute atomic E-state index is 15.2. The molecule has 0 aromatic rings. The van der Waals surface area contributed by atoms with Gasteiger partial charge in [0, 0.05) is 16.7 Å². The summed E-state index contributed by atoms with van der Waals surface area (Å²) >= 11 is 0. The number of alkyl halides is 1. The lowest BCUT2D eigenvalue weighted by atomic mass is 9.46. The van der Waals surface area contributed by atoms with Crippen LogP contribution in [0.1, 0.15) is 33.1 Å². The van der Waals surface area contributed by atoms with Crippen LogP contribution in [0.25, 0.3) is 0 Å². The van der Waals surface area contributed by atoms with Crippen LogP contribution >= 0.6 is 0 Å². The van der Waals surface area contributed by atoms with Crippen LogP contribution in [0.2, 0.25) is 0 Å². The van der Waals surface area contributed by atoms with Gasteiger partial charge in [0.2, 0.25) is 0 Å². The number of halogens is 1. The second-order valence-electron chi connectivity index (χ2n) is 9.41. The fraction of sp³-hybridized carbons (Fsp3) is 0.714. The van der Waals surface area contributed by atoms with E-state index in [0.29, 0.717) is 5.57 Å². The second kappa shape index (κ2) is 6.05. The third-order valence-corrected chi connectivity index (χ3v) is 8.27. The van der Waals surface area contributed by atoms with Gasteiger partial charge < -0.3 is 20.4 Å². The zero-order valence-electron chi connectivity index (χ0n) is 16.0. The molecule has 0 aromatic carbocycles. The van der Waals surface area contributed by atoms with E-state index in [0.717, 1.165) is 0 Å². The summed E-state index contributed by atoms with van der Waals surface area (Å²) in [5, 5.41) is 42.2. The molecule has 4 aliphatic carbocycles. The standard InChI is InChI=1S/C21H27FO6/c1-19-4-3-10(24)5-13(19)14(22)6-11-12-7-16(26)21(28,17(27)9-23)20(12,2)8-15(25)18(11)19/h3-5,11-12,14-16,18,23,25-26,28H,6-9H2,1-2H3/t11-,12-,14-,15-,16+,18+,19-,20-,21-/m0/s1. The summed E-state index contributed by atoms with van der Waals surface area (Å²) < 4.78 is 15.2. The maximum atomic E-state index is 15.2. The fourth-order valence-corrected chi connectivity index (χ4v) is 6.97. The van der Waals surface area contributed by atoms with Gasteiger partial charge in [-0.1, -0.05) is 19.9 Å². The normalized spacial score (nSPS) is 52.5. The van der Waals surface area contributed by atoms with Crippen LogP contribution in [0.4, 0.5) is 4.39 Å². The maximum Gasteiger partial charge on any atom is 0.192 e. The molecule has 4 N–H and O–H groups in total. The average Bonchev–Trinajstić information content (AvgIpc) is 2.83. The van der Waals surface area contributed by atoms with Crippen LogP contribution in [-0.4, -0.2) is 62.6 Å². The van der Waals surface area contributed by atoms with Crippen molar-refractivity contribution >= 4 is 11.6 Å². The van der Waals surface area contributed by atoms with Gasteiger partial charge in [0.15, 0.2) is 17.2 Å². The monoisotopic (exact) mass is 394 g/mol. The number of aliphatic hydroxyl groups excluding tert-OH is 3. The molecule has 0 aromatic heterocycles. The summed E-state index contributed by atoms with van der Waals surface area (Å²) in [7, 11) is 0. The molecule has 4 aliphatic rings. The van der Waals surface area contributed by atoms with Crippen molar-refractivity contribution in [1.82, 2.24) is 0 Å². The molecule has 9 atom stereocenters. The Labute approximate surface area is 162 Å². The van der Waals surface area contributed by atoms with E-state index in [-0.39, 0.29) is 31.0 Å². The molecule has 3 saturated carbocycles. The van der Waals surface area contributed by atoms with Crippen LogP contribution in [0.5, 0.6) is 0 Å². The van der Waals surface area contributed by atoms with E-state index in [9.17, 15) is 30.0 Å². The van der Waals surface area contributed by atoms with Crippen LogP contribution in [0.3, 0.4) is 0 Å². The first kappa shape index (κ1) is 19.9. The number of ketones is 2. The van der Waals surface area contributed by atoms with Crippen LogP contribution in [-0.2, 0) is 9.59 Å². The Kier molecular flexibility index (Phi) is 4.29. The lowest BCUT2D eigenvalue weighted by Gasteiger charge is -2.59. The SMILES string of the molecule is C[C@]12C=CC(=O)C=C1[C@@H](F)C[C@@H]1[C@@H]2[C@@H](O)C[C@@]2(C)[C@H]1C[C@@H](O)[C@]2(O)C(=O)CO. The molecule has 0 spiro atoms. The molecule has 3 fully saturated rings. The minimum atomic E-state index is -2.18. The first-order valence-electron chi connectivity index (χ1n) is 9.82. The van der Waals surface area contributed by atoms with Gasteiger partial charge >= 0.3 is 0 Å². The number of rotatable bonds is 2. The molecule has 6 nitrogen and oxygen atoms in total. The molecule has 0 saturated heterocycles. The van der Waals surface area contributed by atoms with E-state index in [1.807, 2.05) is 6.92 Å². The molecular formula is C21H27FO6. The Morgan fingerprint density at radius 2 is 1.96 bits per heavy atom. The molecule has 0 aliphatic heterocycles. The third-order valence-electron chi connectivity index (χ3n) is 8.27. The number of carbonyl (C=O) groups is 2. The summed E-state index contributed by atoms with van der Waals surface area (Å²) in [6, 6.07) is 0. The summed E-state index contributed by atoms with van der Waals surface area (Å²) in [5.41, 5.74) is -3.84. The molecule has 28 heavy (non-hydrogen) atoms. The minimum absolute atomic E-state index is 0.0414. The summed E-state index contributed by atoms with van der Waals surface area (Å²) in [6.45, 7) is 2.54. The third kappa shape index (κ3) is 2.22. The van der Waals surface area contributed by atoms with Gasteiger partial charge in [-0.15, -0.1) is 0 Å². The van der Waals surface area contributed by atoms with E-state index in [2.05, 4.69) is 0 Å². The highest BCUT2D eigenvalue weighted by atomic mass is 19.1. The Morgan fingerprint density at radius 1 is 1.29 bits per heavy atom. The van der Waals surface area contributed by atoms with Gasteiger partial charge in [0.25, 0.3) is 0 Å². The van der Waals surface area contributed by atoms with E-state index < -0.39 is 59.0 Å². The molecule has 0 radical (unpaired) electrons. The predicted molar refractivity (Wildman–Crippen MR) is 96.7 cm³/mol. The van der Waals surface area contributed by atoms with Crippen molar-refractivity contribution in [3.8, 4) is 0 Å². The summed E-state index contributed by atoms with van der Waals surface area (Å²) in [6.07, 6.45) is 0.834. The van der Waals surface area contributed by atoms with Crippen LogP contribution < -0.4 is 0 Å². The number of Topliss-reactive ketones (excluding diaryl/α,β-unsaturated/α-hetero) is 1. The summed E-state index contributed by atoms with van der Waals surface area (Å²) in [5.74, 6) is -2.34. The summed E-state index contributed by atoms with van der Waals surface area (Å²) in [4.78, 5) is 24.2. The molecule has 7 heteroatoms. The van der Waals surface area contributed by atoms with Crippen molar-refractivity contribution < 1.29 is 34.4 Å². The number of fused-ring (bicyclic) bond motifs is 5. The van der Waals surface area contributed by atoms with Gasteiger partial charge in [-0.05, 0) is 48.8 Å². The zero-order chi connectivity index (χ0) is 20.6. The molecule has 154 valence electrons. The van der Waals surface area contributed by atoms with Gasteiger partial charge in [0.1, 0.15) is 12.8 Å². The molecule has 0 bridgehead atoms. The lowest BCUT2D eigenvalue weighted by molar-refractivity contribution is -0.192. The topological polar surface area (TPSA) is 115 Å². The highest BCUT2D eigenvalue weighted by molar-refractivity contribution is 6.01. The Morgan fingerprint density at radius 3 is 2.61 bits per heavy atom. The average molecular weight is 394 g/mol. The largest absolute Gasteiger partial charge is 0.393 e. The van der Waals surface area contributed by atoms with E-state index in [4.69, 9.17) is 0 Å². The predicted octanol–water partition coefficient (Wildman–Crippen LogP) is 0.476. The Balaban J connectivity index is 1.81. The first-order valence-corrected chi connectivity index (χ1v) is 9.82. The van der Waals surface area contributed by atoms with Gasteiger partial charge in [-0.3, -0.25) is 9.59 Å². The smallest absolute Gasteiger partial charge is 0.192 e. The molecule has 0 amide bonds. The highest BCUT2D eigenvalue weighted by Gasteiger charge is 2.72. The number of aliphatic hydroxyl groups is 4. The van der Waals surface area contributed by atoms with Crippen molar-refractivity contribution in [2.75, 3.05) is 6.61 Å². The van der Waals surface area contributed by atoms with Gasteiger partial charge in [-0.25, -0.2) is 4.39 Å². The van der Waals surface area contributed by atoms with Crippen molar-refractivity contribution in [3.05, 3.63) is 23.8 Å². The van der Waals surface area contributed by atoms with E-state index in [1.54, 1.807) is 13.0 Å².